The number of nitrogens with two attached hydrogens (primary N) is 1. The van der Waals surface area contributed by atoms with Gasteiger partial charge in [-0.15, -0.1) is 5.92 Å². The number of hydrogen-bond acceptors (Lipinski definition) is 2. The highest BCUT2D eigenvalue weighted by Gasteiger charge is 2.02. The Labute approximate surface area is 66.4 Å². The molecular weight excluding hydrogens is 138 g/mol. The number of furan rings is 1. The molecule has 2 nitrogen and oxygen atoms in total. The van der Waals surface area contributed by atoms with Crippen LogP contribution in [0.1, 0.15) is 25.1 Å². The average molecular weight is 149 g/mol. The quantitative estimate of drug-likeness (QED) is 0.617. The minimum Gasteiger partial charge on any atom is -0.467 e. The van der Waals surface area contributed by atoms with Crippen LogP contribution in [-0.2, 0) is 0 Å². The van der Waals surface area contributed by atoms with Crippen molar-refractivity contribution >= 4 is 0 Å². The third-order valence-electron chi connectivity index (χ3n) is 1.28. The highest BCUT2D eigenvalue weighted by Crippen LogP contribution is 2.08. The summed E-state index contributed by atoms with van der Waals surface area (Å²) < 4.78 is 5.06. The van der Waals surface area contributed by atoms with E-state index in [4.69, 9.17) is 10.2 Å². The summed E-state index contributed by atoms with van der Waals surface area (Å²) in [4.78, 5) is 0. The smallest absolute Gasteiger partial charge is 0.132 e. The van der Waals surface area contributed by atoms with Gasteiger partial charge in [-0.25, -0.2) is 0 Å². The zero-order valence-electron chi connectivity index (χ0n) is 6.50. The Morgan fingerprint density at radius 2 is 2.55 bits per heavy atom. The van der Waals surface area contributed by atoms with Gasteiger partial charge >= 0.3 is 0 Å². The van der Waals surface area contributed by atoms with E-state index in [-0.39, 0.29) is 6.04 Å². The van der Waals surface area contributed by atoms with Crippen molar-refractivity contribution in [3.8, 4) is 11.8 Å². The van der Waals surface area contributed by atoms with Gasteiger partial charge in [0.25, 0.3) is 0 Å². The third kappa shape index (κ3) is 2.14. The lowest BCUT2D eigenvalue weighted by Gasteiger charge is -1.96. The van der Waals surface area contributed by atoms with Crippen molar-refractivity contribution in [2.75, 3.05) is 0 Å². The van der Waals surface area contributed by atoms with Gasteiger partial charge in [-0.05, 0) is 12.1 Å². The summed E-state index contributed by atoms with van der Waals surface area (Å²) in [6.45, 7) is 1.99. The topological polar surface area (TPSA) is 39.2 Å². The lowest BCUT2D eigenvalue weighted by Crippen LogP contribution is -2.05. The normalized spacial score (nSPS) is 11.8. The molecular formula is C9H11NO. The van der Waals surface area contributed by atoms with Gasteiger partial charge in [-0.3, -0.25) is 0 Å². The summed E-state index contributed by atoms with van der Waals surface area (Å²) in [5.41, 5.74) is 5.66. The van der Waals surface area contributed by atoms with E-state index in [2.05, 4.69) is 11.8 Å². The maximum Gasteiger partial charge on any atom is 0.132 e. The Hall–Kier alpha value is -1.20. The van der Waals surface area contributed by atoms with Crippen LogP contribution in [-0.4, -0.2) is 0 Å². The van der Waals surface area contributed by atoms with E-state index < -0.39 is 0 Å². The Balaban J connectivity index is 2.63. The SMILES string of the molecule is CCC#CC(N)c1ccco1. The Bertz CT molecular complexity index is 253. The van der Waals surface area contributed by atoms with E-state index in [1.54, 1.807) is 6.26 Å². The molecule has 0 aliphatic rings. The molecule has 0 saturated carbocycles. The Morgan fingerprint density at radius 3 is 3.09 bits per heavy atom. The minimum absolute atomic E-state index is 0.273. The van der Waals surface area contributed by atoms with Crippen LogP contribution in [0.25, 0.3) is 0 Å². The van der Waals surface area contributed by atoms with Gasteiger partial charge in [0, 0.05) is 6.42 Å². The molecule has 1 aromatic rings. The number of hydrogen-bond donors (Lipinski definition) is 1. The van der Waals surface area contributed by atoms with Crippen molar-refractivity contribution < 1.29 is 4.42 Å². The summed E-state index contributed by atoms with van der Waals surface area (Å²) in [6.07, 6.45) is 2.43. The largest absolute Gasteiger partial charge is 0.467 e. The molecule has 0 aliphatic heterocycles. The second kappa shape index (κ2) is 3.85. The first-order chi connectivity index (χ1) is 5.34. The third-order valence-corrected chi connectivity index (χ3v) is 1.28. The van der Waals surface area contributed by atoms with Gasteiger partial charge in [0.1, 0.15) is 11.8 Å². The van der Waals surface area contributed by atoms with Crippen molar-refractivity contribution in [3.05, 3.63) is 24.2 Å². The van der Waals surface area contributed by atoms with Gasteiger partial charge in [-0.2, -0.15) is 0 Å². The Kier molecular flexibility index (Phi) is 2.76. The number of rotatable bonds is 1. The van der Waals surface area contributed by atoms with E-state index in [0.717, 1.165) is 12.2 Å². The van der Waals surface area contributed by atoms with Gasteiger partial charge in [0.2, 0.25) is 0 Å². The molecule has 0 saturated heterocycles. The molecule has 58 valence electrons. The molecule has 1 unspecified atom stereocenters. The first kappa shape index (κ1) is 7.90. The summed E-state index contributed by atoms with van der Waals surface area (Å²) in [6, 6.07) is 3.36. The fraction of sp³-hybridized carbons (Fsp3) is 0.333. The molecule has 0 bridgehead atoms. The first-order valence-electron chi connectivity index (χ1n) is 3.62. The van der Waals surface area contributed by atoms with E-state index in [1.807, 2.05) is 19.1 Å². The van der Waals surface area contributed by atoms with Crippen molar-refractivity contribution in [1.82, 2.24) is 0 Å². The predicted octanol–water partition coefficient (Wildman–Crippen LogP) is 1.69. The molecule has 0 spiro atoms. The van der Waals surface area contributed by atoms with E-state index in [1.165, 1.54) is 0 Å². The zero-order chi connectivity index (χ0) is 8.10. The van der Waals surface area contributed by atoms with Gasteiger partial charge in [0.15, 0.2) is 0 Å². The molecule has 2 heteroatoms. The molecule has 0 aliphatic carbocycles. The fourth-order valence-electron chi connectivity index (χ4n) is 0.751. The van der Waals surface area contributed by atoms with Crippen LogP contribution in [0.15, 0.2) is 22.8 Å². The summed E-state index contributed by atoms with van der Waals surface area (Å²) in [7, 11) is 0. The van der Waals surface area contributed by atoms with Gasteiger partial charge in [0.05, 0.1) is 6.26 Å². The zero-order valence-corrected chi connectivity index (χ0v) is 6.50. The predicted molar refractivity (Wildman–Crippen MR) is 43.7 cm³/mol. The molecule has 1 aromatic heterocycles. The van der Waals surface area contributed by atoms with Crippen molar-refractivity contribution in [1.29, 1.82) is 0 Å². The van der Waals surface area contributed by atoms with Crippen LogP contribution in [0.4, 0.5) is 0 Å². The molecule has 0 amide bonds. The summed E-state index contributed by atoms with van der Waals surface area (Å²) in [5.74, 6) is 6.50. The maximum atomic E-state index is 5.66. The standard InChI is InChI=1S/C9H11NO/c1-2-3-5-8(10)9-6-4-7-11-9/h4,6-8H,2,10H2,1H3. The maximum absolute atomic E-state index is 5.66. The molecule has 1 heterocycles. The molecule has 11 heavy (non-hydrogen) atoms. The molecule has 0 fully saturated rings. The molecule has 2 N–H and O–H groups in total. The Morgan fingerprint density at radius 1 is 1.73 bits per heavy atom. The minimum atomic E-state index is -0.273. The van der Waals surface area contributed by atoms with Crippen LogP contribution in [0.5, 0.6) is 0 Å². The first-order valence-corrected chi connectivity index (χ1v) is 3.62. The highest BCUT2D eigenvalue weighted by atomic mass is 16.3. The molecule has 0 aromatic carbocycles. The lowest BCUT2D eigenvalue weighted by molar-refractivity contribution is 0.498. The van der Waals surface area contributed by atoms with Gasteiger partial charge < -0.3 is 10.2 Å². The van der Waals surface area contributed by atoms with Crippen LogP contribution in [0, 0.1) is 11.8 Å². The van der Waals surface area contributed by atoms with Crippen LogP contribution in [0.3, 0.4) is 0 Å². The van der Waals surface area contributed by atoms with Crippen LogP contribution < -0.4 is 5.73 Å². The molecule has 0 radical (unpaired) electrons. The second-order valence-electron chi connectivity index (χ2n) is 2.17. The summed E-state index contributed by atoms with van der Waals surface area (Å²) >= 11 is 0. The summed E-state index contributed by atoms with van der Waals surface area (Å²) in [5, 5.41) is 0. The highest BCUT2D eigenvalue weighted by molar-refractivity contribution is 5.17. The van der Waals surface area contributed by atoms with Crippen molar-refractivity contribution in [2.24, 2.45) is 5.73 Å². The second-order valence-corrected chi connectivity index (χ2v) is 2.17. The van der Waals surface area contributed by atoms with E-state index in [9.17, 15) is 0 Å². The monoisotopic (exact) mass is 149 g/mol. The lowest BCUT2D eigenvalue weighted by atomic mass is 10.2. The van der Waals surface area contributed by atoms with Gasteiger partial charge in [-0.1, -0.05) is 12.8 Å². The van der Waals surface area contributed by atoms with E-state index >= 15 is 0 Å². The van der Waals surface area contributed by atoms with Crippen LogP contribution in [0.2, 0.25) is 0 Å². The van der Waals surface area contributed by atoms with Crippen molar-refractivity contribution in [3.63, 3.8) is 0 Å². The fourth-order valence-corrected chi connectivity index (χ4v) is 0.751. The van der Waals surface area contributed by atoms with Crippen LogP contribution >= 0.6 is 0 Å². The molecule has 1 atom stereocenters. The average Bonchev–Trinajstić information content (AvgIpc) is 2.52. The molecule has 1 rings (SSSR count). The van der Waals surface area contributed by atoms with Crippen molar-refractivity contribution in [2.45, 2.75) is 19.4 Å². The van der Waals surface area contributed by atoms with E-state index in [0.29, 0.717) is 0 Å².